The predicted octanol–water partition coefficient (Wildman–Crippen LogP) is 3.74. The zero-order valence-electron chi connectivity index (χ0n) is 10.4. The molecule has 0 atom stereocenters. The van der Waals surface area contributed by atoms with Crippen LogP contribution >= 0.6 is 15.9 Å². The third-order valence-corrected chi connectivity index (χ3v) is 3.66. The number of halogens is 1. The van der Waals surface area contributed by atoms with Crippen LogP contribution in [0.2, 0.25) is 0 Å². The molecule has 0 heterocycles. The molecule has 0 aliphatic rings. The van der Waals surface area contributed by atoms with Gasteiger partial charge in [-0.1, -0.05) is 52.3 Å². The van der Waals surface area contributed by atoms with Crippen LogP contribution in [-0.2, 0) is 19.3 Å². The van der Waals surface area contributed by atoms with E-state index >= 15 is 0 Å². The van der Waals surface area contributed by atoms with E-state index in [1.54, 1.807) is 0 Å². The lowest BCUT2D eigenvalue weighted by Crippen LogP contribution is -2.05. The molecule has 0 saturated carbocycles. The van der Waals surface area contributed by atoms with E-state index in [4.69, 9.17) is 5.73 Å². The lowest BCUT2D eigenvalue weighted by molar-refractivity contribution is 0.899. The first-order chi connectivity index (χ1) is 8.79. The minimum atomic E-state index is 0.718. The maximum atomic E-state index is 5.65. The van der Waals surface area contributed by atoms with Gasteiger partial charge in [-0.25, -0.2) is 0 Å². The van der Waals surface area contributed by atoms with E-state index in [1.165, 1.54) is 16.7 Å². The van der Waals surface area contributed by atoms with E-state index in [2.05, 4.69) is 64.5 Å². The standard InChI is InChI=1S/C16H18BrN/c17-16-9-6-13(7-10-16)5-8-14-3-1-2-4-15(14)11-12-18/h1-4,6-7,9-10H,5,8,11-12,18H2. The van der Waals surface area contributed by atoms with Gasteiger partial charge in [0.1, 0.15) is 0 Å². The molecule has 0 amide bonds. The van der Waals surface area contributed by atoms with Crippen LogP contribution in [0.1, 0.15) is 16.7 Å². The molecular weight excluding hydrogens is 286 g/mol. The SMILES string of the molecule is NCCc1ccccc1CCc1ccc(Br)cc1. The third-order valence-electron chi connectivity index (χ3n) is 3.13. The largest absolute Gasteiger partial charge is 0.330 e. The first-order valence-corrected chi connectivity index (χ1v) is 7.10. The molecule has 0 saturated heterocycles. The van der Waals surface area contributed by atoms with Crippen LogP contribution in [0, 0.1) is 0 Å². The second-order valence-electron chi connectivity index (χ2n) is 4.43. The quantitative estimate of drug-likeness (QED) is 0.895. The van der Waals surface area contributed by atoms with E-state index in [1.807, 2.05) is 0 Å². The van der Waals surface area contributed by atoms with Crippen molar-refractivity contribution in [3.8, 4) is 0 Å². The zero-order valence-corrected chi connectivity index (χ0v) is 12.0. The topological polar surface area (TPSA) is 26.0 Å². The molecule has 94 valence electrons. The molecule has 0 unspecified atom stereocenters. The molecule has 0 bridgehead atoms. The van der Waals surface area contributed by atoms with Crippen molar-refractivity contribution in [1.82, 2.24) is 0 Å². The number of benzene rings is 2. The number of hydrogen-bond donors (Lipinski definition) is 1. The molecule has 2 rings (SSSR count). The highest BCUT2D eigenvalue weighted by Gasteiger charge is 2.01. The number of nitrogens with two attached hydrogens (primary N) is 1. The number of aryl methyl sites for hydroxylation is 2. The molecule has 0 fully saturated rings. The molecule has 1 nitrogen and oxygen atoms in total. The van der Waals surface area contributed by atoms with Gasteiger partial charge >= 0.3 is 0 Å². The van der Waals surface area contributed by atoms with Crippen LogP contribution in [0.3, 0.4) is 0 Å². The van der Waals surface area contributed by atoms with Gasteiger partial charge in [0.15, 0.2) is 0 Å². The van der Waals surface area contributed by atoms with Gasteiger partial charge in [0, 0.05) is 4.47 Å². The van der Waals surface area contributed by atoms with E-state index in [0.717, 1.165) is 30.3 Å². The first kappa shape index (κ1) is 13.3. The molecule has 18 heavy (non-hydrogen) atoms. The summed E-state index contributed by atoms with van der Waals surface area (Å²) >= 11 is 3.46. The van der Waals surface area contributed by atoms with Crippen LogP contribution in [-0.4, -0.2) is 6.54 Å². The highest BCUT2D eigenvalue weighted by molar-refractivity contribution is 9.10. The molecule has 0 aromatic heterocycles. The van der Waals surface area contributed by atoms with Gasteiger partial charge in [0.05, 0.1) is 0 Å². The average molecular weight is 304 g/mol. The number of hydrogen-bond acceptors (Lipinski definition) is 1. The summed E-state index contributed by atoms with van der Waals surface area (Å²) in [5, 5.41) is 0. The summed E-state index contributed by atoms with van der Waals surface area (Å²) < 4.78 is 1.13. The van der Waals surface area contributed by atoms with E-state index in [0.29, 0.717) is 0 Å². The van der Waals surface area contributed by atoms with Crippen molar-refractivity contribution in [1.29, 1.82) is 0 Å². The highest BCUT2D eigenvalue weighted by Crippen LogP contribution is 2.15. The minimum absolute atomic E-state index is 0.718. The van der Waals surface area contributed by atoms with Gasteiger partial charge in [0.25, 0.3) is 0 Å². The van der Waals surface area contributed by atoms with Gasteiger partial charge in [-0.15, -0.1) is 0 Å². The fraction of sp³-hybridized carbons (Fsp3) is 0.250. The molecule has 2 heteroatoms. The normalized spacial score (nSPS) is 10.6. The van der Waals surface area contributed by atoms with Crippen molar-refractivity contribution in [2.45, 2.75) is 19.3 Å². The first-order valence-electron chi connectivity index (χ1n) is 6.31. The van der Waals surface area contributed by atoms with Crippen LogP contribution in [0.15, 0.2) is 53.0 Å². The Hall–Kier alpha value is -1.12. The van der Waals surface area contributed by atoms with E-state index in [9.17, 15) is 0 Å². The molecule has 0 radical (unpaired) electrons. The van der Waals surface area contributed by atoms with Crippen molar-refractivity contribution in [3.05, 3.63) is 69.7 Å². The summed E-state index contributed by atoms with van der Waals surface area (Å²) in [4.78, 5) is 0. The zero-order chi connectivity index (χ0) is 12.8. The maximum Gasteiger partial charge on any atom is 0.0175 e. The molecule has 0 aliphatic heterocycles. The van der Waals surface area contributed by atoms with Crippen LogP contribution in [0.5, 0.6) is 0 Å². The Balaban J connectivity index is 2.03. The highest BCUT2D eigenvalue weighted by atomic mass is 79.9. The molecule has 2 aromatic carbocycles. The summed E-state index contributed by atoms with van der Waals surface area (Å²) in [6.07, 6.45) is 3.13. The van der Waals surface area contributed by atoms with Crippen molar-refractivity contribution in [2.75, 3.05) is 6.54 Å². The van der Waals surface area contributed by atoms with E-state index < -0.39 is 0 Å². The van der Waals surface area contributed by atoms with Crippen molar-refractivity contribution in [3.63, 3.8) is 0 Å². The van der Waals surface area contributed by atoms with Crippen LogP contribution in [0.4, 0.5) is 0 Å². The smallest absolute Gasteiger partial charge is 0.0175 e. The fourth-order valence-electron chi connectivity index (χ4n) is 2.13. The van der Waals surface area contributed by atoms with Crippen molar-refractivity contribution in [2.24, 2.45) is 5.73 Å². The van der Waals surface area contributed by atoms with Gasteiger partial charge in [-0.3, -0.25) is 0 Å². The minimum Gasteiger partial charge on any atom is -0.330 e. The molecule has 0 aliphatic carbocycles. The summed E-state index contributed by atoms with van der Waals surface area (Å²) in [5.41, 5.74) is 9.83. The Bertz CT molecular complexity index is 491. The second-order valence-corrected chi connectivity index (χ2v) is 5.35. The molecule has 2 N–H and O–H groups in total. The average Bonchev–Trinajstić information content (AvgIpc) is 2.40. The Morgan fingerprint density at radius 1 is 0.778 bits per heavy atom. The van der Waals surface area contributed by atoms with Gasteiger partial charge < -0.3 is 5.73 Å². The third kappa shape index (κ3) is 3.69. The second kappa shape index (κ2) is 6.72. The monoisotopic (exact) mass is 303 g/mol. The number of rotatable bonds is 5. The van der Waals surface area contributed by atoms with E-state index in [-0.39, 0.29) is 0 Å². The van der Waals surface area contributed by atoms with Crippen molar-refractivity contribution >= 4 is 15.9 Å². The van der Waals surface area contributed by atoms with Gasteiger partial charge in [0.2, 0.25) is 0 Å². The summed E-state index contributed by atoms with van der Waals surface area (Å²) in [6, 6.07) is 17.1. The lowest BCUT2D eigenvalue weighted by Gasteiger charge is -2.08. The van der Waals surface area contributed by atoms with Gasteiger partial charge in [-0.05, 0) is 54.6 Å². The summed E-state index contributed by atoms with van der Waals surface area (Å²) in [6.45, 7) is 0.718. The summed E-state index contributed by atoms with van der Waals surface area (Å²) in [7, 11) is 0. The lowest BCUT2D eigenvalue weighted by atomic mass is 9.98. The van der Waals surface area contributed by atoms with Crippen LogP contribution < -0.4 is 5.73 Å². The molecular formula is C16H18BrN. The summed E-state index contributed by atoms with van der Waals surface area (Å²) in [5.74, 6) is 0. The van der Waals surface area contributed by atoms with Gasteiger partial charge in [-0.2, -0.15) is 0 Å². The Kier molecular flexibility index (Phi) is 4.97. The maximum absolute atomic E-state index is 5.65. The van der Waals surface area contributed by atoms with Crippen LogP contribution in [0.25, 0.3) is 0 Å². The Labute approximate surface area is 117 Å². The fourth-order valence-corrected chi connectivity index (χ4v) is 2.40. The Morgan fingerprint density at radius 3 is 2.00 bits per heavy atom. The Morgan fingerprint density at radius 2 is 1.39 bits per heavy atom. The molecule has 2 aromatic rings. The predicted molar refractivity (Wildman–Crippen MR) is 80.8 cm³/mol. The molecule has 0 spiro atoms. The van der Waals surface area contributed by atoms with Crippen molar-refractivity contribution < 1.29 is 0 Å².